The lowest BCUT2D eigenvalue weighted by Gasteiger charge is -2.35. The van der Waals surface area contributed by atoms with E-state index >= 15 is 0 Å². The summed E-state index contributed by atoms with van der Waals surface area (Å²) in [6.07, 6.45) is 5.22. The maximum absolute atomic E-state index is 4.80. The van der Waals surface area contributed by atoms with E-state index in [4.69, 9.17) is 4.98 Å². The number of anilines is 1. The van der Waals surface area contributed by atoms with Crippen LogP contribution in [0.25, 0.3) is 11.3 Å². The van der Waals surface area contributed by atoms with Crippen LogP contribution in [0.5, 0.6) is 0 Å². The predicted molar refractivity (Wildman–Crippen MR) is 95.6 cm³/mol. The number of nitrogens with zero attached hydrogens (tertiary/aromatic N) is 4. The number of aromatic nitrogens is 4. The molecule has 0 aliphatic carbocycles. The minimum absolute atomic E-state index is 0. The van der Waals surface area contributed by atoms with Gasteiger partial charge >= 0.3 is 0 Å². The van der Waals surface area contributed by atoms with Crippen LogP contribution in [0.4, 0.5) is 5.82 Å². The third-order valence-corrected chi connectivity index (χ3v) is 4.67. The molecule has 23 heavy (non-hydrogen) atoms. The zero-order valence-electron chi connectivity index (χ0n) is 13.3. The zero-order chi connectivity index (χ0) is 14.4. The molecule has 6 nitrogen and oxygen atoms in total. The first-order chi connectivity index (χ1) is 10.2. The van der Waals surface area contributed by atoms with Crippen LogP contribution in [-0.2, 0) is 13.5 Å². The van der Waals surface area contributed by atoms with Gasteiger partial charge in [0.25, 0.3) is 0 Å². The Balaban J connectivity index is 0.000000960. The molecule has 8 heteroatoms. The topological polar surface area (TPSA) is 67.7 Å². The molecule has 2 aromatic rings. The molecule has 0 radical (unpaired) electrons. The fourth-order valence-corrected chi connectivity index (χ4v) is 3.43. The van der Waals surface area contributed by atoms with Gasteiger partial charge in [0.05, 0.1) is 11.7 Å². The Labute approximate surface area is 148 Å². The first-order valence-electron chi connectivity index (χ1n) is 7.51. The van der Waals surface area contributed by atoms with E-state index < -0.39 is 0 Å². The van der Waals surface area contributed by atoms with Crippen LogP contribution in [0.1, 0.15) is 24.1 Å². The van der Waals surface area contributed by atoms with E-state index in [2.05, 4.69) is 26.9 Å². The molecule has 1 fully saturated rings. The van der Waals surface area contributed by atoms with Gasteiger partial charge in [0.1, 0.15) is 11.5 Å². The minimum atomic E-state index is 0. The predicted octanol–water partition coefficient (Wildman–Crippen LogP) is 2.12. The van der Waals surface area contributed by atoms with Crippen molar-refractivity contribution >= 4 is 30.6 Å². The van der Waals surface area contributed by atoms with Crippen molar-refractivity contribution in [1.29, 1.82) is 0 Å². The van der Waals surface area contributed by atoms with Gasteiger partial charge in [-0.3, -0.25) is 0 Å². The molecule has 0 unspecified atom stereocenters. The summed E-state index contributed by atoms with van der Waals surface area (Å²) in [6.45, 7) is 4.18. The molecule has 1 saturated heterocycles. The maximum Gasteiger partial charge on any atom is 0.129 e. The third kappa shape index (κ3) is 3.16. The molecule has 2 aromatic heterocycles. The van der Waals surface area contributed by atoms with Crippen LogP contribution in [0.2, 0.25) is 0 Å². The van der Waals surface area contributed by atoms with E-state index in [1.807, 2.05) is 14.0 Å². The average molecular weight is 357 g/mol. The van der Waals surface area contributed by atoms with Crippen molar-refractivity contribution in [2.45, 2.75) is 31.7 Å². The lowest BCUT2D eigenvalue weighted by Crippen LogP contribution is -2.44. The van der Waals surface area contributed by atoms with E-state index in [9.17, 15) is 0 Å². The lowest BCUT2D eigenvalue weighted by atomic mass is 9.86. The van der Waals surface area contributed by atoms with Crippen molar-refractivity contribution in [2.75, 3.05) is 18.4 Å². The fourth-order valence-electron chi connectivity index (χ4n) is 3.43. The van der Waals surface area contributed by atoms with Gasteiger partial charge in [0.2, 0.25) is 0 Å². The van der Waals surface area contributed by atoms with E-state index in [-0.39, 0.29) is 30.4 Å². The lowest BCUT2D eigenvalue weighted by molar-refractivity contribution is 0.454. The smallest absolute Gasteiger partial charge is 0.129 e. The van der Waals surface area contributed by atoms with E-state index in [1.54, 1.807) is 11.0 Å². The Hall–Kier alpha value is -1.37. The van der Waals surface area contributed by atoms with Crippen LogP contribution < -0.4 is 10.6 Å². The van der Waals surface area contributed by atoms with Crippen LogP contribution >= 0.6 is 24.8 Å². The molecule has 2 aliphatic heterocycles. The van der Waals surface area contributed by atoms with Crippen molar-refractivity contribution in [3.63, 3.8) is 0 Å². The summed E-state index contributed by atoms with van der Waals surface area (Å²) in [6, 6.07) is 2.23. The second kappa shape index (κ2) is 6.63. The Kier molecular flexibility index (Phi) is 5.18. The highest BCUT2D eigenvalue weighted by Gasteiger charge is 2.37. The highest BCUT2D eigenvalue weighted by Crippen LogP contribution is 2.35. The Morgan fingerprint density at radius 2 is 2.09 bits per heavy atom. The molecular formula is C15H22Cl2N6. The van der Waals surface area contributed by atoms with Crippen LogP contribution in [0.3, 0.4) is 0 Å². The van der Waals surface area contributed by atoms with Gasteiger partial charge in [-0.05, 0) is 44.4 Å². The first kappa shape index (κ1) is 18.0. The summed E-state index contributed by atoms with van der Waals surface area (Å²) < 4.78 is 0. The van der Waals surface area contributed by atoms with Gasteiger partial charge in [-0.1, -0.05) is 0 Å². The van der Waals surface area contributed by atoms with Gasteiger partial charge < -0.3 is 10.6 Å². The molecule has 2 aliphatic rings. The van der Waals surface area contributed by atoms with Gasteiger partial charge in [-0.25, -0.2) is 4.98 Å². The number of rotatable bonds is 1. The Morgan fingerprint density at radius 3 is 2.74 bits per heavy atom. The number of nitrogens with one attached hydrogen (secondary N) is 2. The summed E-state index contributed by atoms with van der Waals surface area (Å²) in [5, 5.41) is 15.7. The van der Waals surface area contributed by atoms with Gasteiger partial charge in [0, 0.05) is 24.8 Å². The third-order valence-electron chi connectivity index (χ3n) is 4.67. The molecule has 0 amide bonds. The number of halogens is 2. The number of fused-ring (bicyclic) bond motifs is 1. The van der Waals surface area contributed by atoms with Crippen molar-refractivity contribution in [3.8, 4) is 11.3 Å². The van der Waals surface area contributed by atoms with Crippen molar-refractivity contribution in [3.05, 3.63) is 23.5 Å². The first-order valence-corrected chi connectivity index (χ1v) is 7.51. The normalized spacial score (nSPS) is 22.0. The van der Waals surface area contributed by atoms with Crippen LogP contribution in [-0.4, -0.2) is 38.6 Å². The number of hydrogen-bond acceptors (Lipinski definition) is 5. The Bertz CT molecular complexity index is 693. The van der Waals surface area contributed by atoms with E-state index in [0.717, 1.165) is 48.7 Å². The molecule has 2 N–H and O–H groups in total. The molecule has 1 spiro atoms. The van der Waals surface area contributed by atoms with Gasteiger partial charge in [-0.2, -0.15) is 15.0 Å². The van der Waals surface area contributed by atoms with Gasteiger partial charge in [0.15, 0.2) is 0 Å². The summed E-state index contributed by atoms with van der Waals surface area (Å²) >= 11 is 0. The van der Waals surface area contributed by atoms with E-state index in [1.165, 1.54) is 12.0 Å². The molecular weight excluding hydrogens is 335 g/mol. The minimum Gasteiger partial charge on any atom is -0.363 e. The standard InChI is InChI=1S/C15H20N6.2ClH/c1-10-12(13-8-17-21(2)20-13)7-11-3-4-15(5-6-16-9-15)19-14(11)18-10;;/h7-8,16H,3-6,9H2,1-2H3,(H,18,19);2*1H/t15-;;/m0../s1. The molecule has 1 atom stereocenters. The fraction of sp³-hybridized carbons (Fsp3) is 0.533. The average Bonchev–Trinajstić information content (AvgIpc) is 3.08. The molecule has 126 valence electrons. The van der Waals surface area contributed by atoms with Crippen molar-refractivity contribution in [2.24, 2.45) is 7.05 Å². The maximum atomic E-state index is 4.80. The number of pyridine rings is 1. The second-order valence-corrected chi connectivity index (χ2v) is 6.18. The molecule has 0 bridgehead atoms. The number of aryl methyl sites for hydroxylation is 3. The zero-order valence-corrected chi connectivity index (χ0v) is 14.9. The van der Waals surface area contributed by atoms with Crippen LogP contribution in [0, 0.1) is 6.92 Å². The summed E-state index contributed by atoms with van der Waals surface area (Å²) in [5.41, 5.74) is 4.49. The van der Waals surface area contributed by atoms with Gasteiger partial charge in [-0.15, -0.1) is 24.8 Å². The van der Waals surface area contributed by atoms with Crippen molar-refractivity contribution < 1.29 is 0 Å². The second-order valence-electron chi connectivity index (χ2n) is 6.18. The molecule has 0 aromatic carbocycles. The Morgan fingerprint density at radius 1 is 1.26 bits per heavy atom. The monoisotopic (exact) mass is 356 g/mol. The summed E-state index contributed by atoms with van der Waals surface area (Å²) in [7, 11) is 1.84. The summed E-state index contributed by atoms with van der Waals surface area (Å²) in [5.74, 6) is 1.05. The number of hydrogen-bond donors (Lipinski definition) is 2. The largest absolute Gasteiger partial charge is 0.363 e. The van der Waals surface area contributed by atoms with Crippen LogP contribution in [0.15, 0.2) is 12.3 Å². The molecule has 4 heterocycles. The quantitative estimate of drug-likeness (QED) is 0.818. The van der Waals surface area contributed by atoms with Crippen molar-refractivity contribution in [1.82, 2.24) is 25.3 Å². The highest BCUT2D eigenvalue weighted by molar-refractivity contribution is 5.85. The van der Waals surface area contributed by atoms with E-state index in [0.29, 0.717) is 0 Å². The highest BCUT2D eigenvalue weighted by atomic mass is 35.5. The SMILES string of the molecule is Cc1nc2c(cc1-c1cnn(C)n1)CC[C@@]1(CCNC1)N2.Cl.Cl. The molecule has 0 saturated carbocycles. The molecule has 4 rings (SSSR count). The summed E-state index contributed by atoms with van der Waals surface area (Å²) in [4.78, 5) is 6.39.